The monoisotopic (exact) mass is 452 g/mol. The highest BCUT2D eigenvalue weighted by Crippen LogP contribution is 2.41. The van der Waals surface area contributed by atoms with E-state index in [-0.39, 0.29) is 35.3 Å². The summed E-state index contributed by atoms with van der Waals surface area (Å²) in [5.74, 6) is 0.939. The number of rotatable bonds is 7. The van der Waals surface area contributed by atoms with Gasteiger partial charge in [0.2, 0.25) is 5.91 Å². The van der Waals surface area contributed by atoms with Crippen LogP contribution in [0.1, 0.15) is 66.7 Å². The molecule has 0 aromatic rings. The van der Waals surface area contributed by atoms with E-state index in [1.54, 1.807) is 0 Å². The van der Waals surface area contributed by atoms with E-state index in [9.17, 15) is 4.79 Å². The van der Waals surface area contributed by atoms with E-state index in [1.807, 2.05) is 20.8 Å². The fraction of sp³-hybridized carbons (Fsp3) is 0.889. The van der Waals surface area contributed by atoms with E-state index in [4.69, 9.17) is 4.99 Å². The second-order valence-electron chi connectivity index (χ2n) is 7.69. The van der Waals surface area contributed by atoms with E-state index in [1.165, 1.54) is 32.1 Å². The van der Waals surface area contributed by atoms with Gasteiger partial charge in [-0.1, -0.05) is 40.5 Å². The Labute approximate surface area is 165 Å². The van der Waals surface area contributed by atoms with Crippen molar-refractivity contribution in [2.45, 2.75) is 66.7 Å². The SMILES string of the molecule is CCNC(=NCC1(CC)CCCC1)NCCNC(=O)C(C)(C)C.I. The maximum absolute atomic E-state index is 11.8. The molecule has 0 aliphatic heterocycles. The zero-order valence-electron chi connectivity index (χ0n) is 16.1. The number of hydrogen-bond donors (Lipinski definition) is 3. The highest BCUT2D eigenvalue weighted by Gasteiger charge is 2.31. The molecule has 0 aromatic heterocycles. The summed E-state index contributed by atoms with van der Waals surface area (Å²) in [7, 11) is 0. The molecule has 1 aliphatic carbocycles. The van der Waals surface area contributed by atoms with E-state index >= 15 is 0 Å². The second-order valence-corrected chi connectivity index (χ2v) is 7.69. The molecule has 142 valence electrons. The average molecular weight is 452 g/mol. The van der Waals surface area contributed by atoms with Crippen molar-refractivity contribution in [2.24, 2.45) is 15.8 Å². The van der Waals surface area contributed by atoms with Crippen LogP contribution in [0.5, 0.6) is 0 Å². The molecule has 0 saturated heterocycles. The molecule has 0 bridgehead atoms. The van der Waals surface area contributed by atoms with Gasteiger partial charge in [-0.3, -0.25) is 9.79 Å². The van der Waals surface area contributed by atoms with Crippen molar-refractivity contribution >= 4 is 35.8 Å². The normalized spacial score (nSPS) is 17.1. The third-order valence-corrected chi connectivity index (χ3v) is 4.72. The number of carbonyl (C=O) groups is 1. The predicted octanol–water partition coefficient (Wildman–Crippen LogP) is 3.29. The fourth-order valence-electron chi connectivity index (χ4n) is 2.96. The molecule has 0 spiro atoms. The molecule has 0 radical (unpaired) electrons. The Morgan fingerprint density at radius 3 is 2.12 bits per heavy atom. The number of nitrogens with one attached hydrogen (secondary N) is 3. The van der Waals surface area contributed by atoms with Crippen LogP contribution in [0, 0.1) is 10.8 Å². The van der Waals surface area contributed by atoms with Crippen LogP contribution in [0.3, 0.4) is 0 Å². The molecule has 0 heterocycles. The average Bonchev–Trinajstić information content (AvgIpc) is 2.97. The van der Waals surface area contributed by atoms with Gasteiger partial charge in [-0.2, -0.15) is 0 Å². The summed E-state index contributed by atoms with van der Waals surface area (Å²) in [6.45, 7) is 13.2. The number of carbonyl (C=O) groups excluding carboxylic acids is 1. The Balaban J connectivity index is 0.00000529. The lowest BCUT2D eigenvalue weighted by Crippen LogP contribution is -2.44. The lowest BCUT2D eigenvalue weighted by molar-refractivity contribution is -0.128. The van der Waals surface area contributed by atoms with Crippen molar-refractivity contribution in [3.8, 4) is 0 Å². The summed E-state index contributed by atoms with van der Waals surface area (Å²) in [6.07, 6.45) is 6.48. The molecule has 5 nitrogen and oxygen atoms in total. The van der Waals surface area contributed by atoms with Gasteiger partial charge < -0.3 is 16.0 Å². The summed E-state index contributed by atoms with van der Waals surface area (Å²) in [5, 5.41) is 9.56. The van der Waals surface area contributed by atoms with E-state index in [2.05, 4.69) is 29.8 Å². The zero-order chi connectivity index (χ0) is 17.3. The van der Waals surface area contributed by atoms with Crippen LogP contribution in [-0.4, -0.2) is 38.0 Å². The molecule has 0 aromatic carbocycles. The summed E-state index contributed by atoms with van der Waals surface area (Å²) < 4.78 is 0. The van der Waals surface area contributed by atoms with Crippen molar-refractivity contribution in [3.63, 3.8) is 0 Å². The lowest BCUT2D eigenvalue weighted by atomic mass is 9.84. The van der Waals surface area contributed by atoms with E-state index in [0.29, 0.717) is 18.5 Å². The smallest absolute Gasteiger partial charge is 0.225 e. The molecule has 1 fully saturated rings. The molecule has 3 N–H and O–H groups in total. The van der Waals surface area contributed by atoms with Crippen LogP contribution in [0.15, 0.2) is 4.99 Å². The Morgan fingerprint density at radius 1 is 1.04 bits per heavy atom. The van der Waals surface area contributed by atoms with Gasteiger partial charge >= 0.3 is 0 Å². The standard InChI is InChI=1S/C18H36N4O.HI/c1-6-18(10-8-9-11-18)14-22-16(19-7-2)21-13-12-20-15(23)17(3,4)5;/h6-14H2,1-5H3,(H,20,23)(H2,19,21,22);1H. The number of halogens is 1. The lowest BCUT2D eigenvalue weighted by Gasteiger charge is -2.25. The number of aliphatic imine (C=N–C) groups is 1. The van der Waals surface area contributed by atoms with Crippen molar-refractivity contribution < 1.29 is 4.79 Å². The van der Waals surface area contributed by atoms with Crippen molar-refractivity contribution in [1.82, 2.24) is 16.0 Å². The highest BCUT2D eigenvalue weighted by molar-refractivity contribution is 14.0. The Bertz CT molecular complexity index is 398. The number of amides is 1. The van der Waals surface area contributed by atoms with Gasteiger partial charge in [-0.15, -0.1) is 24.0 Å². The molecule has 0 unspecified atom stereocenters. The first-order valence-electron chi connectivity index (χ1n) is 9.13. The first-order valence-corrected chi connectivity index (χ1v) is 9.13. The summed E-state index contributed by atoms with van der Waals surface area (Å²) in [5.41, 5.74) is 0.0668. The summed E-state index contributed by atoms with van der Waals surface area (Å²) in [6, 6.07) is 0. The molecule has 1 rings (SSSR count). The van der Waals surface area contributed by atoms with Gasteiger partial charge in [0.15, 0.2) is 5.96 Å². The molecular formula is C18H37IN4O. The third kappa shape index (κ3) is 8.03. The molecule has 6 heteroatoms. The number of nitrogens with zero attached hydrogens (tertiary/aromatic N) is 1. The minimum Gasteiger partial charge on any atom is -0.357 e. The van der Waals surface area contributed by atoms with Gasteiger partial charge in [0.25, 0.3) is 0 Å². The Kier molecular flexibility index (Phi) is 10.9. The topological polar surface area (TPSA) is 65.5 Å². The second kappa shape index (κ2) is 11.2. The Hall–Kier alpha value is -0.530. The highest BCUT2D eigenvalue weighted by atomic mass is 127. The van der Waals surface area contributed by atoms with Crippen LogP contribution in [-0.2, 0) is 4.79 Å². The van der Waals surface area contributed by atoms with Gasteiger partial charge in [-0.25, -0.2) is 0 Å². The molecule has 1 aliphatic rings. The minimum absolute atomic E-state index is 0. The van der Waals surface area contributed by atoms with Crippen molar-refractivity contribution in [2.75, 3.05) is 26.2 Å². The summed E-state index contributed by atoms with van der Waals surface area (Å²) >= 11 is 0. The van der Waals surface area contributed by atoms with Crippen LogP contribution in [0.2, 0.25) is 0 Å². The van der Waals surface area contributed by atoms with Gasteiger partial charge in [0, 0.05) is 31.6 Å². The minimum atomic E-state index is -0.339. The van der Waals surface area contributed by atoms with Crippen LogP contribution < -0.4 is 16.0 Å². The maximum atomic E-state index is 11.8. The third-order valence-electron chi connectivity index (χ3n) is 4.72. The van der Waals surface area contributed by atoms with Crippen LogP contribution in [0.25, 0.3) is 0 Å². The van der Waals surface area contributed by atoms with Crippen molar-refractivity contribution in [1.29, 1.82) is 0 Å². The largest absolute Gasteiger partial charge is 0.357 e. The van der Waals surface area contributed by atoms with E-state index < -0.39 is 0 Å². The van der Waals surface area contributed by atoms with Crippen LogP contribution in [0.4, 0.5) is 0 Å². The fourth-order valence-corrected chi connectivity index (χ4v) is 2.96. The van der Waals surface area contributed by atoms with Crippen molar-refractivity contribution in [3.05, 3.63) is 0 Å². The predicted molar refractivity (Wildman–Crippen MR) is 113 cm³/mol. The summed E-state index contributed by atoms with van der Waals surface area (Å²) in [4.78, 5) is 16.6. The molecule has 1 amide bonds. The first-order chi connectivity index (χ1) is 10.8. The van der Waals surface area contributed by atoms with E-state index in [0.717, 1.165) is 19.0 Å². The maximum Gasteiger partial charge on any atom is 0.225 e. The molecule has 0 atom stereocenters. The number of guanidine groups is 1. The molecule has 1 saturated carbocycles. The van der Waals surface area contributed by atoms with Crippen LogP contribution >= 0.6 is 24.0 Å². The Morgan fingerprint density at radius 2 is 1.62 bits per heavy atom. The number of hydrogen-bond acceptors (Lipinski definition) is 2. The zero-order valence-corrected chi connectivity index (χ0v) is 18.5. The quantitative estimate of drug-likeness (QED) is 0.240. The van der Waals surface area contributed by atoms with Gasteiger partial charge in [-0.05, 0) is 31.6 Å². The molecule has 24 heavy (non-hydrogen) atoms. The van der Waals surface area contributed by atoms with Gasteiger partial charge in [0.1, 0.15) is 0 Å². The molecular weight excluding hydrogens is 415 g/mol. The first kappa shape index (κ1) is 23.5. The van der Waals surface area contributed by atoms with Gasteiger partial charge in [0.05, 0.1) is 0 Å².